The molecule has 2 aromatic rings. The molecule has 1 fully saturated rings. The van der Waals surface area contributed by atoms with E-state index in [-0.39, 0.29) is 5.82 Å². The molecule has 3 rings (SSSR count). The fourth-order valence-corrected chi connectivity index (χ4v) is 3.65. The standard InChI is InChI=1S/C21H25BrFNO3/c1-2-25-20-11-16(12-24-13-18-4-3-9-26-18)10-19(22)21(20)27-14-15-5-7-17(23)8-6-15/h5-8,10-11,18,24H,2-4,9,12-14H2,1H3/t18-/m1/s1. The molecule has 0 saturated carbocycles. The van der Waals surface area contributed by atoms with E-state index in [9.17, 15) is 4.39 Å². The van der Waals surface area contributed by atoms with Crippen LogP contribution in [0.3, 0.4) is 0 Å². The van der Waals surface area contributed by atoms with Crippen LogP contribution in [0.1, 0.15) is 30.9 Å². The van der Waals surface area contributed by atoms with Crippen molar-refractivity contribution in [2.75, 3.05) is 19.8 Å². The van der Waals surface area contributed by atoms with E-state index in [1.807, 2.05) is 19.1 Å². The topological polar surface area (TPSA) is 39.7 Å². The quantitative estimate of drug-likeness (QED) is 0.609. The number of benzene rings is 2. The molecule has 2 aromatic carbocycles. The van der Waals surface area contributed by atoms with Crippen molar-refractivity contribution < 1.29 is 18.6 Å². The number of halogens is 2. The molecule has 4 nitrogen and oxygen atoms in total. The lowest BCUT2D eigenvalue weighted by Gasteiger charge is -2.16. The molecule has 0 aromatic heterocycles. The van der Waals surface area contributed by atoms with Crippen molar-refractivity contribution in [3.8, 4) is 11.5 Å². The van der Waals surface area contributed by atoms with Gasteiger partial charge in [-0.25, -0.2) is 4.39 Å². The Morgan fingerprint density at radius 1 is 1.19 bits per heavy atom. The Bertz CT molecular complexity index is 733. The minimum Gasteiger partial charge on any atom is -0.490 e. The molecule has 1 atom stereocenters. The highest BCUT2D eigenvalue weighted by Crippen LogP contribution is 2.37. The van der Waals surface area contributed by atoms with Gasteiger partial charge in [0.15, 0.2) is 11.5 Å². The van der Waals surface area contributed by atoms with Crippen molar-refractivity contribution in [3.63, 3.8) is 0 Å². The minimum atomic E-state index is -0.255. The molecular formula is C21H25BrFNO3. The maximum absolute atomic E-state index is 13.0. The summed E-state index contributed by atoms with van der Waals surface area (Å²) in [5, 5.41) is 3.45. The Morgan fingerprint density at radius 2 is 2.00 bits per heavy atom. The Balaban J connectivity index is 1.64. The lowest BCUT2D eigenvalue weighted by molar-refractivity contribution is 0.110. The molecule has 0 aliphatic carbocycles. The molecule has 0 bridgehead atoms. The largest absolute Gasteiger partial charge is 0.490 e. The van der Waals surface area contributed by atoms with Gasteiger partial charge in [-0.05, 0) is 71.1 Å². The van der Waals surface area contributed by atoms with Crippen molar-refractivity contribution in [1.29, 1.82) is 0 Å². The van der Waals surface area contributed by atoms with Crippen molar-refractivity contribution in [2.24, 2.45) is 0 Å². The molecular weight excluding hydrogens is 413 g/mol. The second-order valence-electron chi connectivity index (χ2n) is 6.52. The van der Waals surface area contributed by atoms with Gasteiger partial charge in [0.2, 0.25) is 0 Å². The van der Waals surface area contributed by atoms with Gasteiger partial charge in [-0.1, -0.05) is 12.1 Å². The van der Waals surface area contributed by atoms with Crippen LogP contribution in [0.2, 0.25) is 0 Å². The van der Waals surface area contributed by atoms with Crippen LogP contribution >= 0.6 is 15.9 Å². The lowest BCUT2D eigenvalue weighted by Crippen LogP contribution is -2.25. The van der Waals surface area contributed by atoms with Crippen molar-refractivity contribution in [2.45, 2.75) is 39.0 Å². The Morgan fingerprint density at radius 3 is 2.70 bits per heavy atom. The van der Waals surface area contributed by atoms with Gasteiger partial charge in [0.25, 0.3) is 0 Å². The molecule has 1 aliphatic rings. The van der Waals surface area contributed by atoms with E-state index in [1.54, 1.807) is 12.1 Å². The number of rotatable bonds is 9. The monoisotopic (exact) mass is 437 g/mol. The van der Waals surface area contributed by atoms with E-state index in [1.165, 1.54) is 12.1 Å². The molecule has 0 spiro atoms. The summed E-state index contributed by atoms with van der Waals surface area (Å²) < 4.78 is 31.2. The van der Waals surface area contributed by atoms with E-state index in [4.69, 9.17) is 14.2 Å². The van der Waals surface area contributed by atoms with Crippen LogP contribution in [0.25, 0.3) is 0 Å². The van der Waals surface area contributed by atoms with Crippen molar-refractivity contribution in [1.82, 2.24) is 5.32 Å². The van der Waals surface area contributed by atoms with Crippen LogP contribution in [0.4, 0.5) is 4.39 Å². The summed E-state index contributed by atoms with van der Waals surface area (Å²) in [6.07, 6.45) is 2.59. The number of hydrogen-bond donors (Lipinski definition) is 1. The van der Waals surface area contributed by atoms with Crippen LogP contribution in [-0.4, -0.2) is 25.9 Å². The first-order valence-corrected chi connectivity index (χ1v) is 10.1. The third-order valence-electron chi connectivity index (χ3n) is 4.39. The van der Waals surface area contributed by atoms with Crippen LogP contribution in [0, 0.1) is 5.82 Å². The maximum Gasteiger partial charge on any atom is 0.175 e. The highest BCUT2D eigenvalue weighted by atomic mass is 79.9. The second kappa shape index (κ2) is 10.1. The average Bonchev–Trinajstić information content (AvgIpc) is 3.16. The minimum absolute atomic E-state index is 0.255. The molecule has 6 heteroatoms. The van der Waals surface area contributed by atoms with Gasteiger partial charge in [-0.15, -0.1) is 0 Å². The Hall–Kier alpha value is -1.63. The van der Waals surface area contributed by atoms with E-state index >= 15 is 0 Å². The molecule has 0 unspecified atom stereocenters. The molecule has 146 valence electrons. The fraction of sp³-hybridized carbons (Fsp3) is 0.429. The summed E-state index contributed by atoms with van der Waals surface area (Å²) >= 11 is 3.59. The average molecular weight is 438 g/mol. The van der Waals surface area contributed by atoms with Gasteiger partial charge in [0.1, 0.15) is 12.4 Å². The van der Waals surface area contributed by atoms with Crippen LogP contribution in [-0.2, 0) is 17.9 Å². The smallest absolute Gasteiger partial charge is 0.175 e. The normalized spacial score (nSPS) is 16.5. The zero-order valence-corrected chi connectivity index (χ0v) is 17.1. The van der Waals surface area contributed by atoms with Gasteiger partial charge in [0.05, 0.1) is 17.2 Å². The first kappa shape index (κ1) is 20.1. The van der Waals surface area contributed by atoms with E-state index < -0.39 is 0 Å². The third kappa shape index (κ3) is 5.92. The van der Waals surface area contributed by atoms with Gasteiger partial charge >= 0.3 is 0 Å². The van der Waals surface area contributed by atoms with Crippen LogP contribution < -0.4 is 14.8 Å². The number of hydrogen-bond acceptors (Lipinski definition) is 4. The predicted molar refractivity (Wildman–Crippen MR) is 107 cm³/mol. The van der Waals surface area contributed by atoms with E-state index in [2.05, 4.69) is 21.2 Å². The molecule has 0 amide bonds. The zero-order chi connectivity index (χ0) is 19.1. The SMILES string of the molecule is CCOc1cc(CNC[C@H]2CCCO2)cc(Br)c1OCc1ccc(F)cc1. The zero-order valence-electron chi connectivity index (χ0n) is 15.5. The molecule has 27 heavy (non-hydrogen) atoms. The summed E-state index contributed by atoms with van der Waals surface area (Å²) in [5.74, 6) is 1.10. The van der Waals surface area contributed by atoms with Crippen molar-refractivity contribution >= 4 is 15.9 Å². The number of nitrogens with one attached hydrogen (secondary N) is 1. The predicted octanol–water partition coefficient (Wildman–Crippen LogP) is 4.83. The van der Waals surface area contributed by atoms with Crippen LogP contribution in [0.5, 0.6) is 11.5 Å². The second-order valence-corrected chi connectivity index (χ2v) is 7.37. The lowest BCUT2D eigenvalue weighted by atomic mass is 10.2. The van der Waals surface area contributed by atoms with Gasteiger partial charge in [-0.2, -0.15) is 0 Å². The van der Waals surface area contributed by atoms with Gasteiger partial charge in [-0.3, -0.25) is 0 Å². The summed E-state index contributed by atoms with van der Waals surface area (Å²) in [6.45, 7) is 5.29. The summed E-state index contributed by atoms with van der Waals surface area (Å²) in [4.78, 5) is 0. The molecule has 1 aliphatic heterocycles. The molecule has 1 saturated heterocycles. The fourth-order valence-electron chi connectivity index (χ4n) is 3.05. The van der Waals surface area contributed by atoms with Crippen molar-refractivity contribution in [3.05, 3.63) is 57.8 Å². The Kier molecular flexibility index (Phi) is 7.50. The highest BCUT2D eigenvalue weighted by molar-refractivity contribution is 9.10. The first-order valence-electron chi connectivity index (χ1n) is 9.30. The van der Waals surface area contributed by atoms with E-state index in [0.29, 0.717) is 30.8 Å². The first-order chi connectivity index (χ1) is 13.2. The van der Waals surface area contributed by atoms with Gasteiger partial charge < -0.3 is 19.5 Å². The molecule has 1 heterocycles. The number of ether oxygens (including phenoxy) is 3. The molecule has 1 N–H and O–H groups in total. The van der Waals surface area contributed by atoms with E-state index in [0.717, 1.165) is 48.1 Å². The summed E-state index contributed by atoms with van der Waals surface area (Å²) in [6, 6.07) is 10.3. The maximum atomic E-state index is 13.0. The Labute approximate surface area is 168 Å². The summed E-state index contributed by atoms with van der Waals surface area (Å²) in [7, 11) is 0. The highest BCUT2D eigenvalue weighted by Gasteiger charge is 2.16. The van der Waals surface area contributed by atoms with Gasteiger partial charge in [0, 0.05) is 19.7 Å². The molecule has 0 radical (unpaired) electrons. The third-order valence-corrected chi connectivity index (χ3v) is 4.98. The van der Waals surface area contributed by atoms with Crippen LogP contribution in [0.15, 0.2) is 40.9 Å². The summed E-state index contributed by atoms with van der Waals surface area (Å²) in [5.41, 5.74) is 2.01.